The quantitative estimate of drug-likeness (QED) is 0.634. The van der Waals surface area contributed by atoms with Gasteiger partial charge in [-0.05, 0) is 23.8 Å². The molecule has 2 heterocycles. The number of halogens is 1. The SMILES string of the molecule is ClCCC#Cc1cncc(OCc2ccncc2)c1. The number of hydrogen-bond donors (Lipinski definition) is 0. The Bertz CT molecular complexity index is 575. The van der Waals surface area contributed by atoms with E-state index in [0.29, 0.717) is 24.7 Å². The zero-order valence-corrected chi connectivity index (χ0v) is 11.1. The lowest BCUT2D eigenvalue weighted by Gasteiger charge is -2.05. The minimum atomic E-state index is 0.489. The van der Waals surface area contributed by atoms with Gasteiger partial charge in [-0.2, -0.15) is 0 Å². The Morgan fingerprint density at radius 3 is 2.79 bits per heavy atom. The van der Waals surface area contributed by atoms with Crippen LogP contribution < -0.4 is 4.74 Å². The molecule has 0 atom stereocenters. The van der Waals surface area contributed by atoms with Crippen molar-refractivity contribution in [2.45, 2.75) is 13.0 Å². The summed E-state index contributed by atoms with van der Waals surface area (Å²) in [6.07, 6.45) is 7.54. The zero-order chi connectivity index (χ0) is 13.3. The molecule has 0 radical (unpaired) electrons. The first-order valence-electron chi connectivity index (χ1n) is 5.90. The molecular formula is C15H13ClN2O. The molecule has 0 aliphatic rings. The van der Waals surface area contributed by atoms with Crippen LogP contribution in [0.25, 0.3) is 0 Å². The lowest BCUT2D eigenvalue weighted by atomic mass is 10.2. The summed E-state index contributed by atoms with van der Waals surface area (Å²) in [5, 5.41) is 0. The molecule has 0 spiro atoms. The number of alkyl halides is 1. The first-order chi connectivity index (χ1) is 9.38. The summed E-state index contributed by atoms with van der Waals surface area (Å²) in [6.45, 7) is 0.489. The fraction of sp³-hybridized carbons (Fsp3) is 0.200. The van der Waals surface area contributed by atoms with Crippen molar-refractivity contribution in [3.05, 3.63) is 54.1 Å². The zero-order valence-electron chi connectivity index (χ0n) is 10.3. The van der Waals surface area contributed by atoms with Gasteiger partial charge in [-0.3, -0.25) is 9.97 Å². The third-order valence-electron chi connectivity index (χ3n) is 2.32. The van der Waals surface area contributed by atoms with Crippen molar-refractivity contribution in [2.75, 3.05) is 5.88 Å². The lowest BCUT2D eigenvalue weighted by molar-refractivity contribution is 0.305. The lowest BCUT2D eigenvalue weighted by Crippen LogP contribution is -1.96. The Balaban J connectivity index is 1.98. The average molecular weight is 273 g/mol. The van der Waals surface area contributed by atoms with E-state index in [9.17, 15) is 0 Å². The third-order valence-corrected chi connectivity index (χ3v) is 2.51. The first kappa shape index (κ1) is 13.4. The first-order valence-corrected chi connectivity index (χ1v) is 6.43. The summed E-state index contributed by atoms with van der Waals surface area (Å²) in [6, 6.07) is 5.70. The molecule has 2 aromatic rings. The van der Waals surface area contributed by atoms with Crippen molar-refractivity contribution in [2.24, 2.45) is 0 Å². The summed E-state index contributed by atoms with van der Waals surface area (Å²) < 4.78 is 5.65. The van der Waals surface area contributed by atoms with Crippen molar-refractivity contribution in [3.63, 3.8) is 0 Å². The van der Waals surface area contributed by atoms with Crippen LogP contribution in [-0.4, -0.2) is 15.8 Å². The second-order valence-electron chi connectivity index (χ2n) is 3.79. The average Bonchev–Trinajstić information content (AvgIpc) is 2.47. The van der Waals surface area contributed by atoms with Crippen LogP contribution in [0.3, 0.4) is 0 Å². The molecule has 0 N–H and O–H groups in total. The van der Waals surface area contributed by atoms with E-state index in [1.165, 1.54) is 0 Å². The second kappa shape index (κ2) is 7.40. The van der Waals surface area contributed by atoms with Gasteiger partial charge in [0.05, 0.1) is 6.20 Å². The minimum absolute atomic E-state index is 0.489. The van der Waals surface area contributed by atoms with Gasteiger partial charge in [-0.15, -0.1) is 11.6 Å². The number of hydrogen-bond acceptors (Lipinski definition) is 3. The Morgan fingerprint density at radius 1 is 1.16 bits per heavy atom. The molecular weight excluding hydrogens is 260 g/mol. The summed E-state index contributed by atoms with van der Waals surface area (Å²) in [5.41, 5.74) is 1.89. The molecule has 0 amide bonds. The number of pyridine rings is 2. The van der Waals surface area contributed by atoms with E-state index < -0.39 is 0 Å². The molecule has 0 aromatic carbocycles. The fourth-order valence-corrected chi connectivity index (χ4v) is 1.52. The molecule has 0 aliphatic heterocycles. The van der Waals surface area contributed by atoms with Gasteiger partial charge in [0, 0.05) is 36.5 Å². The number of nitrogens with zero attached hydrogens (tertiary/aromatic N) is 2. The molecule has 0 aliphatic carbocycles. The molecule has 2 aromatic heterocycles. The maximum atomic E-state index is 5.65. The van der Waals surface area contributed by atoms with E-state index >= 15 is 0 Å². The van der Waals surface area contributed by atoms with E-state index in [4.69, 9.17) is 16.3 Å². The monoisotopic (exact) mass is 272 g/mol. The van der Waals surface area contributed by atoms with E-state index in [-0.39, 0.29) is 0 Å². The van der Waals surface area contributed by atoms with Gasteiger partial charge in [0.2, 0.25) is 0 Å². The molecule has 3 nitrogen and oxygen atoms in total. The van der Waals surface area contributed by atoms with Crippen LogP contribution in [-0.2, 0) is 6.61 Å². The van der Waals surface area contributed by atoms with Gasteiger partial charge in [-0.25, -0.2) is 0 Å². The van der Waals surface area contributed by atoms with Crippen LogP contribution in [0.15, 0.2) is 43.0 Å². The van der Waals surface area contributed by atoms with Gasteiger partial charge >= 0.3 is 0 Å². The molecule has 0 bridgehead atoms. The van der Waals surface area contributed by atoms with Crippen LogP contribution >= 0.6 is 11.6 Å². The van der Waals surface area contributed by atoms with Gasteiger partial charge in [0.15, 0.2) is 0 Å². The highest BCUT2D eigenvalue weighted by Gasteiger charge is 1.97. The standard InChI is InChI=1S/C15H13ClN2O/c16-6-2-1-3-14-9-15(11-18-10-14)19-12-13-4-7-17-8-5-13/h4-5,7-11H,2,6,12H2. The molecule has 0 saturated carbocycles. The predicted molar refractivity (Wildman–Crippen MR) is 75.0 cm³/mol. The van der Waals surface area contributed by atoms with Crippen LogP contribution in [0.4, 0.5) is 0 Å². The van der Waals surface area contributed by atoms with Gasteiger partial charge < -0.3 is 4.74 Å². The smallest absolute Gasteiger partial charge is 0.139 e. The topological polar surface area (TPSA) is 35.0 Å². The molecule has 4 heteroatoms. The van der Waals surface area contributed by atoms with Crippen LogP contribution in [0.2, 0.25) is 0 Å². The molecule has 2 rings (SSSR count). The largest absolute Gasteiger partial charge is 0.487 e. The summed E-state index contributed by atoms with van der Waals surface area (Å²) in [7, 11) is 0. The van der Waals surface area contributed by atoms with Crippen LogP contribution in [0.1, 0.15) is 17.5 Å². The summed E-state index contributed by atoms with van der Waals surface area (Å²) >= 11 is 5.57. The third kappa shape index (κ3) is 4.61. The van der Waals surface area contributed by atoms with Gasteiger partial charge in [0.25, 0.3) is 0 Å². The fourth-order valence-electron chi connectivity index (χ4n) is 1.42. The Hall–Kier alpha value is -2.05. The van der Waals surface area contributed by atoms with Gasteiger partial charge in [-0.1, -0.05) is 11.8 Å². The summed E-state index contributed by atoms with van der Waals surface area (Å²) in [5.74, 6) is 7.21. The normalized spacial score (nSPS) is 9.53. The highest BCUT2D eigenvalue weighted by Crippen LogP contribution is 2.12. The van der Waals surface area contributed by atoms with Crippen molar-refractivity contribution >= 4 is 11.6 Å². The highest BCUT2D eigenvalue weighted by atomic mass is 35.5. The molecule has 0 saturated heterocycles. The van der Waals surface area contributed by atoms with Crippen molar-refractivity contribution in [3.8, 4) is 17.6 Å². The highest BCUT2D eigenvalue weighted by molar-refractivity contribution is 6.18. The molecule has 0 fully saturated rings. The van der Waals surface area contributed by atoms with Crippen molar-refractivity contribution in [1.82, 2.24) is 9.97 Å². The Kier molecular flexibility index (Phi) is 5.21. The second-order valence-corrected chi connectivity index (χ2v) is 4.17. The summed E-state index contributed by atoms with van der Waals surface area (Å²) in [4.78, 5) is 8.06. The van der Waals surface area contributed by atoms with Crippen LogP contribution in [0.5, 0.6) is 5.75 Å². The molecule has 96 valence electrons. The Morgan fingerprint density at radius 2 is 2.00 bits per heavy atom. The van der Waals surface area contributed by atoms with E-state index in [2.05, 4.69) is 21.8 Å². The molecule has 0 unspecified atom stereocenters. The number of aromatic nitrogens is 2. The number of ether oxygens (including phenoxy) is 1. The van der Waals surface area contributed by atoms with Gasteiger partial charge in [0.1, 0.15) is 12.4 Å². The maximum Gasteiger partial charge on any atom is 0.139 e. The van der Waals surface area contributed by atoms with E-state index in [0.717, 1.165) is 11.1 Å². The van der Waals surface area contributed by atoms with Crippen molar-refractivity contribution < 1.29 is 4.74 Å². The minimum Gasteiger partial charge on any atom is -0.487 e. The maximum absolute atomic E-state index is 5.65. The van der Waals surface area contributed by atoms with E-state index in [1.807, 2.05) is 18.2 Å². The predicted octanol–water partition coefficient (Wildman–Crippen LogP) is 3.04. The van der Waals surface area contributed by atoms with Crippen molar-refractivity contribution in [1.29, 1.82) is 0 Å². The molecule has 19 heavy (non-hydrogen) atoms. The Labute approximate surface area is 117 Å². The van der Waals surface area contributed by atoms with Crippen LogP contribution in [0, 0.1) is 11.8 Å². The van der Waals surface area contributed by atoms with E-state index in [1.54, 1.807) is 24.8 Å². The number of rotatable bonds is 4.